The molecular formula is C36H48N6O8S. The predicted octanol–water partition coefficient (Wildman–Crippen LogP) is 2.78. The van der Waals surface area contributed by atoms with Crippen LogP contribution in [-0.4, -0.2) is 102 Å². The van der Waals surface area contributed by atoms with Gasteiger partial charge in [-0.3, -0.25) is 24.0 Å². The van der Waals surface area contributed by atoms with Gasteiger partial charge in [-0.2, -0.15) is 0 Å². The molecule has 3 aliphatic heterocycles. The van der Waals surface area contributed by atoms with Gasteiger partial charge in [0.2, 0.25) is 21.8 Å². The number of nitrogens with one attached hydrogen (secondary N) is 3. The molecule has 5 atom stereocenters. The maximum absolute atomic E-state index is 14.3. The minimum absolute atomic E-state index is 0.0523. The van der Waals surface area contributed by atoms with Crippen LogP contribution in [0.15, 0.2) is 36.9 Å². The van der Waals surface area contributed by atoms with E-state index in [1.165, 1.54) is 15.9 Å². The van der Waals surface area contributed by atoms with Crippen LogP contribution in [0.25, 0.3) is 6.08 Å². The van der Waals surface area contributed by atoms with Crippen molar-refractivity contribution in [3.63, 3.8) is 0 Å². The number of fused-ring (bicyclic) bond motifs is 3. The molecule has 4 bridgehead atoms. The Hall–Kier alpha value is -4.40. The number of rotatable bonds is 9. The first-order chi connectivity index (χ1) is 24.4. The van der Waals surface area contributed by atoms with Crippen molar-refractivity contribution in [3.05, 3.63) is 53.6 Å². The topological polar surface area (TPSA) is 175 Å². The summed E-state index contributed by atoms with van der Waals surface area (Å²) < 4.78 is 33.4. The predicted molar refractivity (Wildman–Crippen MR) is 188 cm³/mol. The first-order valence-electron chi connectivity index (χ1n) is 17.9. The number of nitrogens with zero attached hydrogens (tertiary/aromatic N) is 3. The monoisotopic (exact) mass is 724 g/mol. The highest BCUT2D eigenvalue weighted by Crippen LogP contribution is 2.45. The lowest BCUT2D eigenvalue weighted by Gasteiger charge is -2.30. The van der Waals surface area contributed by atoms with Crippen molar-refractivity contribution in [1.29, 1.82) is 0 Å². The number of carbonyl (C=O) groups is 5. The number of benzene rings is 1. The highest BCUT2D eigenvalue weighted by molar-refractivity contribution is 7.91. The molecule has 6 rings (SSSR count). The van der Waals surface area contributed by atoms with Crippen LogP contribution in [0, 0.1) is 5.92 Å². The number of amides is 6. The maximum Gasteiger partial charge on any atom is 0.410 e. The maximum atomic E-state index is 14.3. The summed E-state index contributed by atoms with van der Waals surface area (Å²) in [7, 11) is -2.22. The van der Waals surface area contributed by atoms with Gasteiger partial charge in [-0.05, 0) is 55.2 Å². The molecule has 0 aromatic heterocycles. The van der Waals surface area contributed by atoms with Crippen LogP contribution in [-0.2, 0) is 42.2 Å². The van der Waals surface area contributed by atoms with Gasteiger partial charge in [0, 0.05) is 32.5 Å². The Balaban J connectivity index is 1.27. The Labute approximate surface area is 299 Å². The Morgan fingerprint density at radius 2 is 1.96 bits per heavy atom. The molecule has 14 nitrogen and oxygen atoms in total. The zero-order chi connectivity index (χ0) is 36.5. The number of sulfonamides is 1. The molecule has 2 saturated carbocycles. The van der Waals surface area contributed by atoms with Crippen LogP contribution in [0.1, 0.15) is 81.4 Å². The summed E-state index contributed by atoms with van der Waals surface area (Å²) in [6.45, 7) is 6.78. The Morgan fingerprint density at radius 3 is 2.67 bits per heavy atom. The smallest absolute Gasteiger partial charge is 0.410 e. The fourth-order valence-electron chi connectivity index (χ4n) is 7.23. The number of unbranched alkanes of at least 4 members (excludes halogenated alkanes) is 1. The van der Waals surface area contributed by atoms with Crippen molar-refractivity contribution in [2.24, 2.45) is 5.92 Å². The van der Waals surface area contributed by atoms with E-state index in [0.29, 0.717) is 51.7 Å². The summed E-state index contributed by atoms with van der Waals surface area (Å²) in [5, 5.41) is 4.99. The highest BCUT2D eigenvalue weighted by Gasteiger charge is 2.62. The average molecular weight is 725 g/mol. The van der Waals surface area contributed by atoms with Gasteiger partial charge in [0.15, 0.2) is 0 Å². The standard InChI is InChI=1S/C36H48N6O8S/c1-4-6-14-29-32(44)42-21-26(18-30(42)31(43)38-36(19-25(36)5-2)33(45)39-51(48,49)27-15-16-27)50-35(47)41-20-24-13-10-12-23(28(24)22-41)11-8-7-9-17-40(3)34(46)37-29/h5,8,10-13,25-27,29-30H,2,4,6-7,9,14-22H2,1,3H3,(H,37,46)(H,38,43)(H,39,45)/b11-8+/t25-,26-,29+,30+,36+/m1/s1. The van der Waals surface area contributed by atoms with Crippen LogP contribution >= 0.6 is 0 Å². The van der Waals surface area contributed by atoms with Gasteiger partial charge in [-0.1, -0.05) is 56.2 Å². The summed E-state index contributed by atoms with van der Waals surface area (Å²) in [6.07, 6.45) is 8.27. The summed E-state index contributed by atoms with van der Waals surface area (Å²) >= 11 is 0. The quantitative estimate of drug-likeness (QED) is 0.326. The van der Waals surface area contributed by atoms with E-state index < -0.39 is 74.8 Å². The van der Waals surface area contributed by atoms with E-state index in [4.69, 9.17) is 4.74 Å². The molecule has 276 valence electrons. The van der Waals surface area contributed by atoms with Gasteiger partial charge in [-0.15, -0.1) is 6.58 Å². The number of hydrogen-bond donors (Lipinski definition) is 3. The van der Waals surface area contributed by atoms with E-state index in [2.05, 4.69) is 28.0 Å². The molecule has 0 unspecified atom stereocenters. The zero-order valence-corrected chi connectivity index (χ0v) is 30.1. The normalized spacial score (nSPS) is 28.9. The Morgan fingerprint density at radius 1 is 1.18 bits per heavy atom. The summed E-state index contributed by atoms with van der Waals surface area (Å²) in [5.41, 5.74) is 1.47. The van der Waals surface area contributed by atoms with Gasteiger partial charge in [0.05, 0.1) is 18.3 Å². The van der Waals surface area contributed by atoms with Gasteiger partial charge in [0.25, 0.3) is 5.91 Å². The molecule has 3 fully saturated rings. The van der Waals surface area contributed by atoms with Crippen LogP contribution in [0.4, 0.5) is 9.59 Å². The van der Waals surface area contributed by atoms with Gasteiger partial charge < -0.3 is 25.2 Å². The third kappa shape index (κ3) is 7.77. The first-order valence-corrected chi connectivity index (χ1v) is 19.5. The van der Waals surface area contributed by atoms with Crippen molar-refractivity contribution in [2.45, 2.75) is 107 Å². The molecule has 3 heterocycles. The molecule has 2 aliphatic carbocycles. The summed E-state index contributed by atoms with van der Waals surface area (Å²) in [4.78, 5) is 73.2. The van der Waals surface area contributed by atoms with E-state index in [-0.39, 0.29) is 19.4 Å². The van der Waals surface area contributed by atoms with Gasteiger partial charge in [-0.25, -0.2) is 18.0 Å². The SMILES string of the molecule is C=C[C@@H]1C[C@@]1(NC(=O)[C@@H]1C[C@@H]2CN1C(=O)[C@H](CCCC)NC(=O)N(C)CCC/C=C/c1cccc3c1CN(C3)C(=O)O2)C(=O)NS(=O)(=O)C1CC1. The number of hydrogen-bond acceptors (Lipinski definition) is 8. The van der Waals surface area contributed by atoms with E-state index in [9.17, 15) is 32.4 Å². The van der Waals surface area contributed by atoms with Crippen molar-refractivity contribution in [3.8, 4) is 0 Å². The zero-order valence-electron chi connectivity index (χ0n) is 29.3. The van der Waals surface area contributed by atoms with E-state index in [1.54, 1.807) is 11.9 Å². The lowest BCUT2D eigenvalue weighted by Crippen LogP contribution is -2.58. The highest BCUT2D eigenvalue weighted by atomic mass is 32.2. The van der Waals surface area contributed by atoms with Crippen molar-refractivity contribution < 1.29 is 37.1 Å². The molecule has 1 aromatic rings. The molecule has 5 aliphatic rings. The molecule has 3 N–H and O–H groups in total. The number of carbonyl (C=O) groups excluding carboxylic acids is 5. The Bertz CT molecular complexity index is 1730. The second-order valence-electron chi connectivity index (χ2n) is 14.4. The molecule has 1 saturated heterocycles. The summed E-state index contributed by atoms with van der Waals surface area (Å²) in [6, 6.07) is 3.37. The van der Waals surface area contributed by atoms with Crippen molar-refractivity contribution in [2.75, 3.05) is 20.1 Å². The van der Waals surface area contributed by atoms with E-state index >= 15 is 0 Å². The van der Waals surface area contributed by atoms with E-state index in [0.717, 1.165) is 29.5 Å². The third-order valence-electron chi connectivity index (χ3n) is 10.6. The van der Waals surface area contributed by atoms with Crippen molar-refractivity contribution in [1.82, 2.24) is 30.1 Å². The van der Waals surface area contributed by atoms with Gasteiger partial charge in [0.1, 0.15) is 23.7 Å². The minimum atomic E-state index is -3.89. The molecule has 0 spiro atoms. The third-order valence-corrected chi connectivity index (χ3v) is 12.4. The second-order valence-corrected chi connectivity index (χ2v) is 16.3. The fraction of sp³-hybridized carbons (Fsp3) is 0.583. The molecule has 15 heteroatoms. The minimum Gasteiger partial charge on any atom is -0.444 e. The molecular weight excluding hydrogens is 676 g/mol. The Kier molecular flexibility index (Phi) is 10.5. The molecule has 1 aromatic carbocycles. The average Bonchev–Trinajstić information content (AvgIpc) is 3.99. The largest absolute Gasteiger partial charge is 0.444 e. The number of urea groups is 1. The molecule has 6 amide bonds. The van der Waals surface area contributed by atoms with Crippen LogP contribution in [0.2, 0.25) is 0 Å². The molecule has 0 radical (unpaired) electrons. The fourth-order valence-corrected chi connectivity index (χ4v) is 8.59. The first kappa shape index (κ1) is 36.4. The van der Waals surface area contributed by atoms with Crippen molar-refractivity contribution >= 4 is 45.9 Å². The van der Waals surface area contributed by atoms with E-state index in [1.807, 2.05) is 31.2 Å². The van der Waals surface area contributed by atoms with Crippen LogP contribution in [0.5, 0.6) is 0 Å². The molecule has 51 heavy (non-hydrogen) atoms. The number of allylic oxidation sites excluding steroid dienone is 1. The second kappa shape index (κ2) is 14.7. The number of ether oxygens (including phenoxy) is 1. The lowest BCUT2D eigenvalue weighted by molar-refractivity contribution is -0.141. The lowest BCUT2D eigenvalue weighted by atomic mass is 10.0. The van der Waals surface area contributed by atoms with Gasteiger partial charge >= 0.3 is 12.1 Å². The van der Waals surface area contributed by atoms with Crippen LogP contribution in [0.3, 0.4) is 0 Å². The summed E-state index contributed by atoms with van der Waals surface area (Å²) in [5.74, 6) is -2.56. The van der Waals surface area contributed by atoms with Crippen LogP contribution < -0.4 is 15.4 Å².